The third-order valence-electron chi connectivity index (χ3n) is 0.978. The van der Waals surface area contributed by atoms with Gasteiger partial charge in [-0.05, 0) is 12.5 Å². The van der Waals surface area contributed by atoms with E-state index in [-0.39, 0.29) is 0 Å². The molecule has 0 unspecified atom stereocenters. The van der Waals surface area contributed by atoms with Crippen molar-refractivity contribution < 1.29 is 4.74 Å². The van der Waals surface area contributed by atoms with Crippen molar-refractivity contribution in [3.63, 3.8) is 0 Å². The Kier molecular flexibility index (Phi) is 1.63. The van der Waals surface area contributed by atoms with Crippen LogP contribution in [-0.4, -0.2) is 17.3 Å². The van der Waals surface area contributed by atoms with Crippen LogP contribution in [0, 0.1) is 6.92 Å². The first-order valence-corrected chi connectivity index (χ1v) is 2.66. The lowest BCUT2D eigenvalue weighted by atomic mass is 10.3. The van der Waals surface area contributed by atoms with Crippen molar-refractivity contribution in [1.82, 2.24) is 10.2 Å². The first kappa shape index (κ1) is 6.01. The molecule has 1 heterocycles. The summed E-state index contributed by atoms with van der Waals surface area (Å²) >= 11 is 0. The zero-order valence-corrected chi connectivity index (χ0v) is 5.46. The third kappa shape index (κ3) is 1.38. The average molecular weight is 124 g/mol. The van der Waals surface area contributed by atoms with E-state index in [1.807, 2.05) is 13.0 Å². The van der Waals surface area contributed by atoms with Crippen molar-refractivity contribution in [2.45, 2.75) is 6.92 Å². The average Bonchev–Trinajstić information content (AvgIpc) is 1.88. The maximum absolute atomic E-state index is 4.82. The van der Waals surface area contributed by atoms with Crippen molar-refractivity contribution in [2.75, 3.05) is 7.11 Å². The first-order chi connectivity index (χ1) is 4.33. The summed E-state index contributed by atoms with van der Waals surface area (Å²) in [6, 6.07) is 1.83. The molecule has 0 spiro atoms. The highest BCUT2D eigenvalue weighted by molar-refractivity contribution is 5.14. The number of ether oxygens (including phenoxy) is 1. The number of rotatable bonds is 1. The van der Waals surface area contributed by atoms with Gasteiger partial charge in [-0.1, -0.05) is 0 Å². The third-order valence-corrected chi connectivity index (χ3v) is 0.978. The highest BCUT2D eigenvalue weighted by atomic mass is 16.5. The Morgan fingerprint density at radius 3 is 2.78 bits per heavy atom. The van der Waals surface area contributed by atoms with Crippen LogP contribution in [-0.2, 0) is 0 Å². The van der Waals surface area contributed by atoms with Crippen LogP contribution < -0.4 is 4.74 Å². The molecule has 0 aliphatic rings. The Hall–Kier alpha value is -1.12. The minimum Gasteiger partial charge on any atom is -0.480 e. The van der Waals surface area contributed by atoms with Crippen LogP contribution in [0.15, 0.2) is 12.3 Å². The van der Waals surface area contributed by atoms with Gasteiger partial charge in [0, 0.05) is 6.07 Å². The van der Waals surface area contributed by atoms with Crippen molar-refractivity contribution in [3.05, 3.63) is 17.8 Å². The van der Waals surface area contributed by atoms with Gasteiger partial charge in [-0.2, -0.15) is 5.10 Å². The van der Waals surface area contributed by atoms with E-state index in [1.165, 1.54) is 0 Å². The van der Waals surface area contributed by atoms with Crippen molar-refractivity contribution >= 4 is 0 Å². The second kappa shape index (κ2) is 2.44. The van der Waals surface area contributed by atoms with Crippen LogP contribution in [0.2, 0.25) is 0 Å². The Labute approximate surface area is 53.7 Å². The molecule has 0 saturated carbocycles. The van der Waals surface area contributed by atoms with Gasteiger partial charge in [0.15, 0.2) is 0 Å². The zero-order valence-electron chi connectivity index (χ0n) is 5.46. The summed E-state index contributed by atoms with van der Waals surface area (Å²) in [6.07, 6.45) is 1.68. The monoisotopic (exact) mass is 124 g/mol. The van der Waals surface area contributed by atoms with Crippen LogP contribution in [0.1, 0.15) is 5.56 Å². The smallest absolute Gasteiger partial charge is 0.233 e. The summed E-state index contributed by atoms with van der Waals surface area (Å²) in [5.74, 6) is 0.565. The fourth-order valence-electron chi connectivity index (χ4n) is 0.537. The van der Waals surface area contributed by atoms with E-state index in [9.17, 15) is 0 Å². The molecule has 3 nitrogen and oxygen atoms in total. The molecular weight excluding hydrogens is 116 g/mol. The summed E-state index contributed by atoms with van der Waals surface area (Å²) in [4.78, 5) is 0. The summed E-state index contributed by atoms with van der Waals surface area (Å²) in [5.41, 5.74) is 1.06. The van der Waals surface area contributed by atoms with Gasteiger partial charge in [-0.25, -0.2) is 0 Å². The van der Waals surface area contributed by atoms with Gasteiger partial charge < -0.3 is 4.74 Å². The topological polar surface area (TPSA) is 35.0 Å². The fourth-order valence-corrected chi connectivity index (χ4v) is 0.537. The normalized spacial score (nSPS) is 9.11. The maximum Gasteiger partial charge on any atom is 0.233 e. The summed E-state index contributed by atoms with van der Waals surface area (Å²) in [5, 5.41) is 7.37. The summed E-state index contributed by atoms with van der Waals surface area (Å²) < 4.78 is 4.82. The number of methoxy groups -OCH3 is 1. The van der Waals surface area contributed by atoms with E-state index in [2.05, 4.69) is 10.2 Å². The predicted octanol–water partition coefficient (Wildman–Crippen LogP) is 0.794. The Morgan fingerprint density at radius 1 is 1.56 bits per heavy atom. The van der Waals surface area contributed by atoms with E-state index >= 15 is 0 Å². The minimum atomic E-state index is 0.565. The molecule has 0 amide bonds. The van der Waals surface area contributed by atoms with Gasteiger partial charge in [0.25, 0.3) is 0 Å². The number of hydrogen-bond acceptors (Lipinski definition) is 3. The molecule has 1 aromatic rings. The van der Waals surface area contributed by atoms with Crippen molar-refractivity contribution in [3.8, 4) is 5.88 Å². The molecule has 0 N–H and O–H groups in total. The number of aryl methyl sites for hydroxylation is 1. The highest BCUT2D eigenvalue weighted by Gasteiger charge is 1.89. The van der Waals surface area contributed by atoms with E-state index < -0.39 is 0 Å². The predicted molar refractivity (Wildman–Crippen MR) is 33.3 cm³/mol. The molecule has 0 saturated heterocycles. The molecule has 1 aromatic heterocycles. The van der Waals surface area contributed by atoms with Gasteiger partial charge in [0.2, 0.25) is 5.88 Å². The van der Waals surface area contributed by atoms with Crippen LogP contribution >= 0.6 is 0 Å². The van der Waals surface area contributed by atoms with Crippen LogP contribution in [0.25, 0.3) is 0 Å². The standard InChI is InChI=1S/C6H8N2O/c1-5-3-6(9-2)8-7-4-5/h3-4H,1-2H3. The lowest BCUT2D eigenvalue weighted by Gasteiger charge is -1.95. The molecule has 48 valence electrons. The van der Waals surface area contributed by atoms with Gasteiger partial charge in [-0.15, -0.1) is 5.10 Å². The summed E-state index contributed by atoms with van der Waals surface area (Å²) in [6.45, 7) is 1.94. The molecule has 0 aliphatic heterocycles. The lowest BCUT2D eigenvalue weighted by molar-refractivity contribution is 0.391. The Morgan fingerprint density at radius 2 is 2.33 bits per heavy atom. The minimum absolute atomic E-state index is 0.565. The van der Waals surface area contributed by atoms with Gasteiger partial charge in [0.05, 0.1) is 13.3 Å². The number of hydrogen-bond donors (Lipinski definition) is 0. The molecule has 0 fully saturated rings. The molecule has 0 aromatic carbocycles. The highest BCUT2D eigenvalue weighted by Crippen LogP contribution is 2.03. The molecule has 0 aliphatic carbocycles. The van der Waals surface area contributed by atoms with Gasteiger partial charge in [-0.3, -0.25) is 0 Å². The molecule has 0 radical (unpaired) electrons. The van der Waals surface area contributed by atoms with Crippen molar-refractivity contribution in [1.29, 1.82) is 0 Å². The van der Waals surface area contributed by atoms with E-state index in [4.69, 9.17) is 4.74 Å². The maximum atomic E-state index is 4.82. The summed E-state index contributed by atoms with van der Waals surface area (Å²) in [7, 11) is 1.57. The molecule has 3 heteroatoms. The Balaban J connectivity index is 2.94. The first-order valence-electron chi connectivity index (χ1n) is 2.66. The number of nitrogens with zero attached hydrogens (tertiary/aromatic N) is 2. The SMILES string of the molecule is COc1cc(C)cnn1. The van der Waals surface area contributed by atoms with E-state index in [1.54, 1.807) is 13.3 Å². The Bertz CT molecular complexity index is 200. The molecule has 0 atom stereocenters. The molecule has 1 rings (SSSR count). The van der Waals surface area contributed by atoms with Crippen LogP contribution in [0.5, 0.6) is 5.88 Å². The molecular formula is C6H8N2O. The molecule has 9 heavy (non-hydrogen) atoms. The van der Waals surface area contributed by atoms with Crippen LogP contribution in [0.3, 0.4) is 0 Å². The van der Waals surface area contributed by atoms with Gasteiger partial charge >= 0.3 is 0 Å². The fraction of sp³-hybridized carbons (Fsp3) is 0.333. The second-order valence-corrected chi connectivity index (χ2v) is 1.78. The lowest BCUT2D eigenvalue weighted by Crippen LogP contribution is -1.89. The largest absolute Gasteiger partial charge is 0.480 e. The van der Waals surface area contributed by atoms with Crippen LogP contribution in [0.4, 0.5) is 0 Å². The second-order valence-electron chi connectivity index (χ2n) is 1.78. The van der Waals surface area contributed by atoms with Gasteiger partial charge in [0.1, 0.15) is 0 Å². The zero-order chi connectivity index (χ0) is 6.69. The van der Waals surface area contributed by atoms with E-state index in [0.717, 1.165) is 5.56 Å². The quantitative estimate of drug-likeness (QED) is 0.555. The van der Waals surface area contributed by atoms with E-state index in [0.29, 0.717) is 5.88 Å². The van der Waals surface area contributed by atoms with Crippen molar-refractivity contribution in [2.24, 2.45) is 0 Å². The molecule has 0 bridgehead atoms. The number of aromatic nitrogens is 2.